The Morgan fingerprint density at radius 1 is 1.36 bits per heavy atom. The highest BCUT2D eigenvalue weighted by atomic mass is 16.5. The second kappa shape index (κ2) is 6.27. The number of benzene rings is 1. The maximum atomic E-state index is 11.5. The average Bonchev–Trinajstić information content (AvgIpc) is 2.44. The van der Waals surface area contributed by atoms with Crippen LogP contribution in [-0.2, 0) is 0 Å². The molecule has 1 heterocycles. The number of hydrogen-bond donors (Lipinski definition) is 2. The van der Waals surface area contributed by atoms with Crippen LogP contribution in [-0.4, -0.2) is 28.3 Å². The molecule has 0 aliphatic rings. The van der Waals surface area contributed by atoms with E-state index in [0.717, 1.165) is 0 Å². The maximum absolute atomic E-state index is 11.5. The van der Waals surface area contributed by atoms with E-state index in [-0.39, 0.29) is 0 Å². The number of aliphatic hydroxyl groups is 1. The number of rotatable bonds is 5. The topological polar surface area (TPSA) is 98.3 Å². The highest BCUT2D eigenvalue weighted by molar-refractivity contribution is 6.00. The van der Waals surface area contributed by atoms with E-state index in [4.69, 9.17) is 10.5 Å². The van der Waals surface area contributed by atoms with E-state index in [1.165, 1.54) is 13.2 Å². The van der Waals surface area contributed by atoms with Crippen molar-refractivity contribution in [1.82, 2.24) is 10.2 Å². The van der Waals surface area contributed by atoms with Gasteiger partial charge in [-0.1, -0.05) is 13.8 Å². The Kier molecular flexibility index (Phi) is 4.61. The van der Waals surface area contributed by atoms with Gasteiger partial charge in [0, 0.05) is 16.5 Å². The van der Waals surface area contributed by atoms with Crippen molar-refractivity contribution in [2.45, 2.75) is 33.3 Å². The highest BCUT2D eigenvalue weighted by Gasteiger charge is 2.20. The van der Waals surface area contributed by atoms with Crippen LogP contribution in [0.15, 0.2) is 12.1 Å². The van der Waals surface area contributed by atoms with Gasteiger partial charge in [-0.25, -0.2) is 0 Å². The molecule has 0 aliphatic carbocycles. The number of carbonyl (C=O) groups is 1. The Bertz CT molecular complexity index is 713. The molecule has 22 heavy (non-hydrogen) atoms. The molecule has 0 saturated heterocycles. The molecule has 1 atom stereocenters. The lowest BCUT2D eigenvalue weighted by molar-refractivity contribution is 0.1000. The van der Waals surface area contributed by atoms with Gasteiger partial charge in [-0.05, 0) is 31.4 Å². The largest absolute Gasteiger partial charge is 0.494 e. The summed E-state index contributed by atoms with van der Waals surface area (Å²) >= 11 is 0. The maximum Gasteiger partial charge on any atom is 0.248 e. The van der Waals surface area contributed by atoms with Crippen molar-refractivity contribution in [3.05, 3.63) is 29.0 Å². The molecule has 2 rings (SSSR count). The van der Waals surface area contributed by atoms with Crippen LogP contribution in [0.25, 0.3) is 10.9 Å². The fourth-order valence-electron chi connectivity index (χ4n) is 2.57. The Labute approximate surface area is 129 Å². The van der Waals surface area contributed by atoms with E-state index in [0.29, 0.717) is 45.8 Å². The minimum Gasteiger partial charge on any atom is -0.494 e. The standard InChI is InChI=1S/C16H21N3O3/c1-8(2)5-12(20)14-9(3)18-19-15-11(14)6-10(16(17)21)7-13(15)22-4/h6-8,12,20H,5H2,1-4H3,(H2,17,21). The Balaban J connectivity index is 2.76. The first-order chi connectivity index (χ1) is 10.3. The molecule has 1 amide bonds. The Morgan fingerprint density at radius 3 is 2.59 bits per heavy atom. The van der Waals surface area contributed by atoms with E-state index in [9.17, 15) is 9.90 Å². The van der Waals surface area contributed by atoms with E-state index >= 15 is 0 Å². The zero-order valence-corrected chi connectivity index (χ0v) is 13.3. The fourth-order valence-corrected chi connectivity index (χ4v) is 2.57. The molecule has 2 aromatic rings. The molecule has 0 spiro atoms. The monoisotopic (exact) mass is 303 g/mol. The first-order valence-electron chi connectivity index (χ1n) is 7.18. The Morgan fingerprint density at radius 2 is 2.05 bits per heavy atom. The van der Waals surface area contributed by atoms with Gasteiger partial charge >= 0.3 is 0 Å². The van der Waals surface area contributed by atoms with Crippen molar-refractivity contribution in [3.8, 4) is 5.75 Å². The molecular weight excluding hydrogens is 282 g/mol. The van der Waals surface area contributed by atoms with Gasteiger partial charge in [0.15, 0.2) is 0 Å². The van der Waals surface area contributed by atoms with Crippen molar-refractivity contribution >= 4 is 16.8 Å². The summed E-state index contributed by atoms with van der Waals surface area (Å²) in [6.45, 7) is 5.85. The number of amides is 1. The van der Waals surface area contributed by atoms with Gasteiger partial charge in [0.05, 0.1) is 18.9 Å². The number of nitrogens with two attached hydrogens (primary N) is 1. The number of aromatic nitrogens is 2. The van der Waals surface area contributed by atoms with Gasteiger partial charge in [0.2, 0.25) is 5.91 Å². The summed E-state index contributed by atoms with van der Waals surface area (Å²) in [5, 5.41) is 19.4. The van der Waals surface area contributed by atoms with Crippen LogP contribution in [0.2, 0.25) is 0 Å². The van der Waals surface area contributed by atoms with Crippen LogP contribution in [0.1, 0.15) is 48.0 Å². The van der Waals surface area contributed by atoms with Gasteiger partial charge in [-0.3, -0.25) is 4.79 Å². The van der Waals surface area contributed by atoms with Crippen molar-refractivity contribution in [2.75, 3.05) is 7.11 Å². The SMILES string of the molecule is COc1cc(C(N)=O)cc2c(C(O)CC(C)C)c(C)nnc12. The number of primary amides is 1. The van der Waals surface area contributed by atoms with Gasteiger partial charge in [-0.15, -0.1) is 5.10 Å². The minimum absolute atomic E-state index is 0.315. The van der Waals surface area contributed by atoms with E-state index in [1.807, 2.05) is 13.8 Å². The minimum atomic E-state index is -0.689. The zero-order chi connectivity index (χ0) is 16.4. The van der Waals surface area contributed by atoms with Crippen molar-refractivity contribution in [1.29, 1.82) is 0 Å². The van der Waals surface area contributed by atoms with E-state index in [1.54, 1.807) is 13.0 Å². The number of ether oxygens (including phenoxy) is 1. The summed E-state index contributed by atoms with van der Waals surface area (Å²) in [4.78, 5) is 11.5. The van der Waals surface area contributed by atoms with Crippen molar-refractivity contribution in [2.24, 2.45) is 11.7 Å². The van der Waals surface area contributed by atoms with Crippen LogP contribution in [0.3, 0.4) is 0 Å². The number of carbonyl (C=O) groups excluding carboxylic acids is 1. The van der Waals surface area contributed by atoms with Crippen LogP contribution >= 0.6 is 0 Å². The molecule has 118 valence electrons. The third kappa shape index (κ3) is 3.01. The molecule has 0 aliphatic heterocycles. The first-order valence-corrected chi connectivity index (χ1v) is 7.18. The van der Waals surface area contributed by atoms with Crippen LogP contribution in [0.4, 0.5) is 0 Å². The first kappa shape index (κ1) is 16.2. The van der Waals surface area contributed by atoms with Crippen molar-refractivity contribution in [3.63, 3.8) is 0 Å². The molecule has 1 unspecified atom stereocenters. The zero-order valence-electron chi connectivity index (χ0n) is 13.3. The highest BCUT2D eigenvalue weighted by Crippen LogP contribution is 2.34. The smallest absolute Gasteiger partial charge is 0.248 e. The lowest BCUT2D eigenvalue weighted by Gasteiger charge is -2.18. The van der Waals surface area contributed by atoms with Crippen LogP contribution < -0.4 is 10.5 Å². The number of aliphatic hydroxyl groups excluding tert-OH is 1. The molecule has 6 heteroatoms. The summed E-state index contributed by atoms with van der Waals surface area (Å²) in [6, 6.07) is 3.17. The number of fused-ring (bicyclic) bond motifs is 1. The molecule has 0 bridgehead atoms. The normalized spacial score (nSPS) is 12.6. The Hall–Kier alpha value is -2.21. The van der Waals surface area contributed by atoms with Gasteiger partial charge in [0.25, 0.3) is 0 Å². The second-order valence-electron chi connectivity index (χ2n) is 5.78. The van der Waals surface area contributed by atoms with E-state index < -0.39 is 12.0 Å². The summed E-state index contributed by atoms with van der Waals surface area (Å²) in [5.74, 6) is 0.176. The second-order valence-corrected chi connectivity index (χ2v) is 5.78. The lowest BCUT2D eigenvalue weighted by atomic mass is 9.94. The summed E-state index contributed by atoms with van der Waals surface area (Å²) in [7, 11) is 1.49. The van der Waals surface area contributed by atoms with Crippen LogP contribution in [0.5, 0.6) is 5.75 Å². The molecule has 0 saturated carbocycles. The van der Waals surface area contributed by atoms with Gasteiger partial charge in [-0.2, -0.15) is 5.10 Å². The fraction of sp³-hybridized carbons (Fsp3) is 0.438. The lowest BCUT2D eigenvalue weighted by Crippen LogP contribution is -2.13. The molecule has 1 aromatic carbocycles. The quantitative estimate of drug-likeness (QED) is 0.881. The molecular formula is C16H21N3O3. The van der Waals surface area contributed by atoms with E-state index in [2.05, 4.69) is 10.2 Å². The predicted molar refractivity (Wildman–Crippen MR) is 83.8 cm³/mol. The molecule has 0 fully saturated rings. The van der Waals surface area contributed by atoms with Crippen molar-refractivity contribution < 1.29 is 14.6 Å². The summed E-state index contributed by atoms with van der Waals surface area (Å²) < 4.78 is 5.28. The third-order valence-corrected chi connectivity index (χ3v) is 3.59. The summed E-state index contributed by atoms with van der Waals surface area (Å²) in [6.07, 6.45) is -0.101. The number of methoxy groups -OCH3 is 1. The van der Waals surface area contributed by atoms with Gasteiger partial charge in [0.1, 0.15) is 11.3 Å². The predicted octanol–water partition coefficient (Wildman–Crippen LogP) is 2.13. The molecule has 3 N–H and O–H groups in total. The van der Waals surface area contributed by atoms with Crippen LogP contribution in [0, 0.1) is 12.8 Å². The summed E-state index contributed by atoms with van der Waals surface area (Å²) in [5.41, 5.74) is 7.50. The number of hydrogen-bond acceptors (Lipinski definition) is 5. The number of nitrogens with zero attached hydrogens (tertiary/aromatic N) is 2. The number of aryl methyl sites for hydroxylation is 1. The molecule has 0 radical (unpaired) electrons. The van der Waals surface area contributed by atoms with Gasteiger partial charge < -0.3 is 15.6 Å². The average molecular weight is 303 g/mol. The molecule has 1 aromatic heterocycles. The third-order valence-electron chi connectivity index (χ3n) is 3.59. The molecule has 6 nitrogen and oxygen atoms in total.